The molecule has 3 rings (SSSR count). The number of hydrogen-bond donors (Lipinski definition) is 0. The summed E-state index contributed by atoms with van der Waals surface area (Å²) in [6.45, 7) is 5.09. The van der Waals surface area contributed by atoms with Crippen LogP contribution in [0.5, 0.6) is 5.19 Å². The molecule has 1 atom stereocenters. The van der Waals surface area contributed by atoms with Crippen molar-refractivity contribution < 1.29 is 13.5 Å². The summed E-state index contributed by atoms with van der Waals surface area (Å²) >= 11 is 2.70. The molecule has 162 valence electrons. The van der Waals surface area contributed by atoms with Crippen LogP contribution in [0.2, 0.25) is 0 Å². The van der Waals surface area contributed by atoms with Crippen LogP contribution < -0.4 is 4.74 Å². The zero-order valence-corrected chi connectivity index (χ0v) is 18.3. The number of piperidine rings is 1. The van der Waals surface area contributed by atoms with E-state index in [4.69, 9.17) is 4.74 Å². The molecular formula is C20H24F2N4O2S2. The van der Waals surface area contributed by atoms with Gasteiger partial charge in [-0.05, 0) is 57.0 Å². The lowest BCUT2D eigenvalue weighted by Crippen LogP contribution is -2.44. The number of nitroso groups, excluding NO2 is 1. The maximum absolute atomic E-state index is 13.4. The van der Waals surface area contributed by atoms with Crippen LogP contribution in [0, 0.1) is 10.8 Å². The average molecular weight is 455 g/mol. The van der Waals surface area contributed by atoms with Gasteiger partial charge in [0.1, 0.15) is 12.2 Å². The Kier molecular flexibility index (Phi) is 8.29. The highest BCUT2D eigenvalue weighted by Gasteiger charge is 2.31. The number of aromatic nitrogens is 1. The van der Waals surface area contributed by atoms with Gasteiger partial charge in [0.2, 0.25) is 0 Å². The van der Waals surface area contributed by atoms with Gasteiger partial charge in [-0.25, -0.2) is 13.8 Å². The third-order valence-electron chi connectivity index (χ3n) is 5.21. The molecule has 1 aliphatic rings. The maximum Gasteiger partial charge on any atom is 0.281 e. The fourth-order valence-electron chi connectivity index (χ4n) is 3.63. The van der Waals surface area contributed by atoms with E-state index in [0.29, 0.717) is 35.7 Å². The van der Waals surface area contributed by atoms with Crippen molar-refractivity contribution >= 4 is 40.0 Å². The van der Waals surface area contributed by atoms with E-state index < -0.39 is 12.5 Å². The van der Waals surface area contributed by atoms with Gasteiger partial charge in [-0.1, -0.05) is 28.6 Å². The standard InChI is InChI=1S/C20H24F2N4O2S2/c1-23-17(19(21)22)18(29-2)15(11-24-27)26-9-7-13(8-10-26)12-28-20-25-14-5-3-4-6-16(14)30-20/h3-6,13,15,19H,1,7-12H2,2H3/b18-17-. The van der Waals surface area contributed by atoms with Crippen molar-refractivity contribution in [3.05, 3.63) is 39.8 Å². The summed E-state index contributed by atoms with van der Waals surface area (Å²) in [5, 5.41) is 3.65. The van der Waals surface area contributed by atoms with E-state index in [9.17, 15) is 13.7 Å². The maximum atomic E-state index is 13.4. The summed E-state index contributed by atoms with van der Waals surface area (Å²) in [7, 11) is 0. The van der Waals surface area contributed by atoms with Gasteiger partial charge in [-0.3, -0.25) is 9.89 Å². The molecule has 30 heavy (non-hydrogen) atoms. The van der Waals surface area contributed by atoms with Gasteiger partial charge < -0.3 is 4.74 Å². The Morgan fingerprint density at radius 3 is 2.73 bits per heavy atom. The lowest BCUT2D eigenvalue weighted by Gasteiger charge is -2.37. The lowest BCUT2D eigenvalue weighted by atomic mass is 9.96. The Balaban J connectivity index is 1.60. The van der Waals surface area contributed by atoms with Crippen molar-refractivity contribution in [2.75, 3.05) is 32.5 Å². The first-order valence-electron chi connectivity index (χ1n) is 9.61. The van der Waals surface area contributed by atoms with Gasteiger partial charge in [-0.2, -0.15) is 4.91 Å². The fraction of sp³-hybridized carbons (Fsp3) is 0.500. The van der Waals surface area contributed by atoms with E-state index in [0.717, 1.165) is 23.1 Å². The second-order valence-electron chi connectivity index (χ2n) is 6.98. The topological polar surface area (TPSA) is 67.2 Å². The van der Waals surface area contributed by atoms with Crippen LogP contribution in [0.1, 0.15) is 12.8 Å². The highest BCUT2D eigenvalue weighted by molar-refractivity contribution is 8.02. The van der Waals surface area contributed by atoms with Crippen LogP contribution in [0.25, 0.3) is 10.2 Å². The first-order chi connectivity index (χ1) is 14.6. The molecule has 1 aromatic carbocycles. The zero-order chi connectivity index (χ0) is 21.5. The number of hydrogen-bond acceptors (Lipinski definition) is 8. The molecule has 0 aliphatic carbocycles. The number of aliphatic imine (C=N–C) groups is 1. The van der Waals surface area contributed by atoms with Gasteiger partial charge in [0.25, 0.3) is 11.6 Å². The van der Waals surface area contributed by atoms with Crippen LogP contribution in [-0.2, 0) is 0 Å². The van der Waals surface area contributed by atoms with Gasteiger partial charge in [-0.15, -0.1) is 11.8 Å². The van der Waals surface area contributed by atoms with E-state index in [1.807, 2.05) is 29.2 Å². The SMILES string of the molecule is C=N/C(=C(\SC)C(CN=O)N1CCC(COc2nc3ccccc3s2)CC1)C(F)F. The number of thioether (sulfide) groups is 1. The molecule has 0 saturated carbocycles. The van der Waals surface area contributed by atoms with E-state index >= 15 is 0 Å². The van der Waals surface area contributed by atoms with Crippen LogP contribution in [0.3, 0.4) is 0 Å². The highest BCUT2D eigenvalue weighted by atomic mass is 32.2. The second kappa shape index (κ2) is 10.9. The molecule has 0 N–H and O–H groups in total. The predicted octanol–water partition coefficient (Wildman–Crippen LogP) is 5.06. The number of likely N-dealkylation sites (tertiary alicyclic amines) is 1. The van der Waals surface area contributed by atoms with Gasteiger partial charge in [0.05, 0.1) is 22.9 Å². The first-order valence-corrected chi connectivity index (χ1v) is 11.7. The Morgan fingerprint density at radius 1 is 1.40 bits per heavy atom. The van der Waals surface area contributed by atoms with E-state index in [1.165, 1.54) is 23.1 Å². The van der Waals surface area contributed by atoms with Crippen LogP contribution in [0.15, 0.2) is 45.0 Å². The summed E-state index contributed by atoms with van der Waals surface area (Å²) in [6.07, 6.45) is 0.652. The largest absolute Gasteiger partial charge is 0.470 e. The fourth-order valence-corrected chi connectivity index (χ4v) is 5.32. The zero-order valence-electron chi connectivity index (χ0n) is 16.7. The highest BCUT2D eigenvalue weighted by Crippen LogP contribution is 2.32. The van der Waals surface area contributed by atoms with Crippen LogP contribution in [0.4, 0.5) is 8.78 Å². The molecule has 0 bridgehead atoms. The molecule has 1 fully saturated rings. The molecule has 2 aromatic rings. The van der Waals surface area contributed by atoms with Crippen molar-refractivity contribution in [2.24, 2.45) is 16.1 Å². The van der Waals surface area contributed by atoms with E-state index in [-0.39, 0.29) is 12.2 Å². The number of alkyl halides is 2. The normalized spacial score (nSPS) is 17.7. The van der Waals surface area contributed by atoms with Crippen molar-refractivity contribution in [1.29, 1.82) is 0 Å². The van der Waals surface area contributed by atoms with Crippen molar-refractivity contribution in [1.82, 2.24) is 9.88 Å². The molecule has 6 nitrogen and oxygen atoms in total. The molecule has 0 radical (unpaired) electrons. The second-order valence-corrected chi connectivity index (χ2v) is 8.82. The number of allylic oxidation sites excluding steroid dienone is 1. The molecule has 10 heteroatoms. The molecule has 2 heterocycles. The first kappa shape index (κ1) is 22.8. The Morgan fingerprint density at radius 2 is 2.13 bits per heavy atom. The quantitative estimate of drug-likeness (QED) is 0.371. The smallest absolute Gasteiger partial charge is 0.281 e. The van der Waals surface area contributed by atoms with Gasteiger partial charge >= 0.3 is 0 Å². The minimum Gasteiger partial charge on any atom is -0.470 e. The molecule has 1 aromatic heterocycles. The van der Waals surface area contributed by atoms with Crippen molar-refractivity contribution in [3.8, 4) is 5.19 Å². The number of ether oxygens (including phenoxy) is 1. The van der Waals surface area contributed by atoms with E-state index in [1.54, 1.807) is 6.26 Å². The summed E-state index contributed by atoms with van der Waals surface area (Å²) in [6, 6.07) is 7.40. The molecule has 1 unspecified atom stereocenters. The lowest BCUT2D eigenvalue weighted by molar-refractivity contribution is 0.121. The summed E-state index contributed by atoms with van der Waals surface area (Å²) in [4.78, 5) is 21.4. The summed E-state index contributed by atoms with van der Waals surface area (Å²) in [5.74, 6) is 0.340. The van der Waals surface area contributed by atoms with Crippen molar-refractivity contribution in [3.63, 3.8) is 0 Å². The molecule has 1 saturated heterocycles. The van der Waals surface area contributed by atoms with E-state index in [2.05, 4.69) is 21.9 Å². The minimum absolute atomic E-state index is 0.0885. The van der Waals surface area contributed by atoms with Gasteiger partial charge in [0.15, 0.2) is 0 Å². The van der Waals surface area contributed by atoms with Gasteiger partial charge in [0, 0.05) is 4.91 Å². The van der Waals surface area contributed by atoms with Crippen LogP contribution in [-0.4, -0.2) is 61.6 Å². The average Bonchev–Trinajstić information content (AvgIpc) is 3.18. The Labute approximate surface area is 182 Å². The third kappa shape index (κ3) is 5.41. The number of rotatable bonds is 10. The molecule has 0 amide bonds. The van der Waals surface area contributed by atoms with Crippen LogP contribution >= 0.6 is 23.1 Å². The monoisotopic (exact) mass is 454 g/mol. The number of fused-ring (bicyclic) bond motifs is 1. The number of thiazole rings is 1. The summed E-state index contributed by atoms with van der Waals surface area (Å²) < 4.78 is 33.7. The number of para-hydroxylation sites is 1. The Bertz CT molecular complexity index is 865. The predicted molar refractivity (Wildman–Crippen MR) is 120 cm³/mol. The third-order valence-corrected chi connectivity index (χ3v) is 7.08. The Hall–Kier alpha value is -1.91. The molecular weight excluding hydrogens is 430 g/mol. The van der Waals surface area contributed by atoms with Crippen molar-refractivity contribution in [2.45, 2.75) is 25.3 Å². The number of benzene rings is 1. The number of nitrogens with zero attached hydrogens (tertiary/aromatic N) is 4. The number of halogens is 2. The molecule has 0 spiro atoms. The summed E-state index contributed by atoms with van der Waals surface area (Å²) in [5.41, 5.74) is 0.566. The molecule has 1 aliphatic heterocycles. The minimum atomic E-state index is -2.74.